The summed E-state index contributed by atoms with van der Waals surface area (Å²) in [5, 5.41) is 0. The van der Waals surface area contributed by atoms with Crippen LogP contribution in [0.5, 0.6) is 0 Å². The molecule has 3 aliphatic rings. The number of fused-ring (bicyclic) bond motifs is 1. The van der Waals surface area contributed by atoms with Crippen LogP contribution in [-0.2, 0) is 20.8 Å². The number of alkyl halides is 3. The minimum Gasteiger partial charge on any atom is -0.368 e. The van der Waals surface area contributed by atoms with Gasteiger partial charge >= 0.3 is 6.18 Å². The zero-order valence-electron chi connectivity index (χ0n) is 19.3. The average molecular weight is 525 g/mol. The Morgan fingerprint density at radius 2 is 1.83 bits per heavy atom. The average Bonchev–Trinajstić information content (AvgIpc) is 3.71. The van der Waals surface area contributed by atoms with Gasteiger partial charge in [-0.1, -0.05) is 12.1 Å². The van der Waals surface area contributed by atoms with Crippen molar-refractivity contribution in [3.05, 3.63) is 65.0 Å². The summed E-state index contributed by atoms with van der Waals surface area (Å²) in [5.74, 6) is -3.12. The summed E-state index contributed by atoms with van der Waals surface area (Å²) in [6.07, 6.45) is -1.72. The van der Waals surface area contributed by atoms with E-state index in [0.717, 1.165) is 31.2 Å². The monoisotopic (exact) mass is 524 g/mol. The number of carbonyl (C=O) groups excluding carboxylic acids is 2. The Morgan fingerprint density at radius 3 is 2.39 bits per heavy atom. The van der Waals surface area contributed by atoms with E-state index in [1.807, 2.05) is 0 Å². The first-order valence-electron chi connectivity index (χ1n) is 11.5. The van der Waals surface area contributed by atoms with Crippen molar-refractivity contribution in [2.45, 2.75) is 42.3 Å². The van der Waals surface area contributed by atoms with Gasteiger partial charge in [-0.3, -0.25) is 9.59 Å². The van der Waals surface area contributed by atoms with Gasteiger partial charge in [0.1, 0.15) is 11.9 Å². The molecule has 0 aromatic heterocycles. The van der Waals surface area contributed by atoms with E-state index in [2.05, 4.69) is 0 Å². The van der Waals surface area contributed by atoms with Gasteiger partial charge in [-0.05, 0) is 72.9 Å². The molecule has 2 N–H and O–H groups in total. The van der Waals surface area contributed by atoms with Crippen LogP contribution in [0.1, 0.15) is 46.7 Å². The highest BCUT2D eigenvalue weighted by molar-refractivity contribution is 7.90. The van der Waals surface area contributed by atoms with Crippen LogP contribution in [0.2, 0.25) is 0 Å². The number of nitrogens with two attached hydrogens (primary N) is 1. The third-order valence-electron chi connectivity index (χ3n) is 7.81. The number of sulfone groups is 1. The molecular formula is C25H24F4N2O4S. The molecule has 2 amide bonds. The summed E-state index contributed by atoms with van der Waals surface area (Å²) < 4.78 is 78.4. The Labute approximate surface area is 205 Å². The Bertz CT molecular complexity index is 1370. The molecule has 1 aliphatic heterocycles. The van der Waals surface area contributed by atoms with E-state index in [0.29, 0.717) is 12.5 Å². The molecule has 2 aromatic carbocycles. The van der Waals surface area contributed by atoms with Crippen molar-refractivity contribution >= 4 is 21.7 Å². The number of rotatable bonds is 6. The summed E-state index contributed by atoms with van der Waals surface area (Å²) in [6.45, 7) is 0.168. The Morgan fingerprint density at radius 1 is 1.14 bits per heavy atom. The van der Waals surface area contributed by atoms with Crippen LogP contribution in [0.3, 0.4) is 0 Å². The van der Waals surface area contributed by atoms with Gasteiger partial charge in [-0.25, -0.2) is 12.8 Å². The molecule has 0 radical (unpaired) electrons. The predicted octanol–water partition coefficient (Wildman–Crippen LogP) is 3.76. The Balaban J connectivity index is 1.53. The minimum absolute atomic E-state index is 0.0355. The van der Waals surface area contributed by atoms with Crippen LogP contribution in [0.4, 0.5) is 17.6 Å². The van der Waals surface area contributed by atoms with Crippen LogP contribution in [0, 0.1) is 23.1 Å². The fourth-order valence-electron chi connectivity index (χ4n) is 6.13. The third-order valence-corrected chi connectivity index (χ3v) is 8.92. The molecule has 36 heavy (non-hydrogen) atoms. The van der Waals surface area contributed by atoms with Gasteiger partial charge in [0.25, 0.3) is 5.91 Å². The van der Waals surface area contributed by atoms with Crippen molar-refractivity contribution in [2.75, 3.05) is 12.8 Å². The lowest BCUT2D eigenvalue weighted by atomic mass is 9.74. The number of likely N-dealkylation sites (tertiary alicyclic amines) is 1. The van der Waals surface area contributed by atoms with Crippen molar-refractivity contribution in [2.24, 2.45) is 23.0 Å². The summed E-state index contributed by atoms with van der Waals surface area (Å²) in [6, 6.07) is 6.84. The molecule has 1 heterocycles. The summed E-state index contributed by atoms with van der Waals surface area (Å²) in [7, 11) is -3.58. The maximum atomic E-state index is 15.1. The number of hydrogen-bond donors (Lipinski definition) is 1. The first-order valence-corrected chi connectivity index (χ1v) is 13.4. The number of primary amides is 1. The highest BCUT2D eigenvalue weighted by atomic mass is 32.2. The molecule has 1 saturated heterocycles. The van der Waals surface area contributed by atoms with Crippen LogP contribution in [0.25, 0.3) is 0 Å². The van der Waals surface area contributed by atoms with E-state index in [1.54, 1.807) is 0 Å². The van der Waals surface area contributed by atoms with Gasteiger partial charge in [0, 0.05) is 23.8 Å². The highest BCUT2D eigenvalue weighted by Gasteiger charge is 2.73. The van der Waals surface area contributed by atoms with Crippen LogP contribution >= 0.6 is 0 Å². The standard InChI is InChI=1S/C25H24F4N2O4S/c1-36(34,35)17-4-2-3-14(9-17)23(33)31-12-16-11-24(16,21(31)22(30)32)20(13-5-6-13)18-8-7-15(10-19(18)26)25(27,28)29/h2-4,7-10,13,16,20-21H,5-6,11-12H2,1H3,(H2,30,32)/t16?,20-,21?,24?/m0/s1. The second kappa shape index (κ2) is 8.03. The van der Waals surface area contributed by atoms with E-state index in [9.17, 15) is 31.2 Å². The lowest BCUT2D eigenvalue weighted by molar-refractivity contribution is -0.137. The number of halogens is 4. The predicted molar refractivity (Wildman–Crippen MR) is 121 cm³/mol. The van der Waals surface area contributed by atoms with Crippen LogP contribution in [-0.4, -0.2) is 44.0 Å². The van der Waals surface area contributed by atoms with Gasteiger partial charge in [0.05, 0.1) is 10.5 Å². The number of benzene rings is 2. The lowest BCUT2D eigenvalue weighted by Crippen LogP contribution is -2.51. The molecule has 3 unspecified atom stereocenters. The minimum atomic E-state index is -4.69. The summed E-state index contributed by atoms with van der Waals surface area (Å²) >= 11 is 0. The molecule has 3 fully saturated rings. The second-order valence-electron chi connectivity index (χ2n) is 10.1. The zero-order chi connectivity index (χ0) is 26.2. The quantitative estimate of drug-likeness (QED) is 0.582. The maximum Gasteiger partial charge on any atom is 0.416 e. The molecule has 0 bridgehead atoms. The van der Waals surface area contributed by atoms with Crippen molar-refractivity contribution < 1.29 is 35.6 Å². The molecule has 2 aliphatic carbocycles. The normalized spacial score (nSPS) is 26.4. The van der Waals surface area contributed by atoms with Gasteiger partial charge in [-0.15, -0.1) is 0 Å². The largest absolute Gasteiger partial charge is 0.416 e. The number of piperidine rings is 1. The van der Waals surface area contributed by atoms with Gasteiger partial charge < -0.3 is 10.6 Å². The molecule has 192 valence electrons. The SMILES string of the molecule is CS(=O)(=O)c1cccc(C(=O)N2CC3CC3([C@H](c3ccc(C(F)(F)F)cc3F)C3CC3)C2C(N)=O)c1. The van der Waals surface area contributed by atoms with Crippen LogP contribution in [0.15, 0.2) is 47.4 Å². The molecule has 5 rings (SSSR count). The van der Waals surface area contributed by atoms with E-state index in [4.69, 9.17) is 5.73 Å². The molecule has 4 atom stereocenters. The molecule has 0 spiro atoms. The topological polar surface area (TPSA) is 97.5 Å². The number of carbonyl (C=O) groups is 2. The molecule has 11 heteroatoms. The maximum absolute atomic E-state index is 15.1. The number of amides is 2. The third kappa shape index (κ3) is 3.97. The van der Waals surface area contributed by atoms with E-state index in [1.165, 1.54) is 29.2 Å². The number of nitrogens with zero attached hydrogens (tertiary/aromatic N) is 1. The van der Waals surface area contributed by atoms with E-state index in [-0.39, 0.29) is 34.4 Å². The van der Waals surface area contributed by atoms with Gasteiger partial charge in [0.15, 0.2) is 9.84 Å². The fourth-order valence-corrected chi connectivity index (χ4v) is 6.80. The Kier molecular flexibility index (Phi) is 5.51. The van der Waals surface area contributed by atoms with Crippen molar-refractivity contribution in [1.82, 2.24) is 4.90 Å². The first kappa shape index (κ1) is 24.7. The van der Waals surface area contributed by atoms with E-state index >= 15 is 4.39 Å². The lowest BCUT2D eigenvalue weighted by Gasteiger charge is -2.35. The zero-order valence-corrected chi connectivity index (χ0v) is 20.1. The summed E-state index contributed by atoms with van der Waals surface area (Å²) in [5.41, 5.74) is 4.00. The summed E-state index contributed by atoms with van der Waals surface area (Å²) in [4.78, 5) is 27.5. The van der Waals surface area contributed by atoms with E-state index < -0.39 is 56.6 Å². The van der Waals surface area contributed by atoms with Crippen molar-refractivity contribution in [3.63, 3.8) is 0 Å². The van der Waals surface area contributed by atoms with Gasteiger partial charge in [0.2, 0.25) is 5.91 Å². The molecule has 2 saturated carbocycles. The molecule has 2 aromatic rings. The smallest absolute Gasteiger partial charge is 0.368 e. The van der Waals surface area contributed by atoms with Crippen LogP contribution < -0.4 is 5.73 Å². The van der Waals surface area contributed by atoms with Crippen molar-refractivity contribution in [1.29, 1.82) is 0 Å². The van der Waals surface area contributed by atoms with Gasteiger partial charge in [-0.2, -0.15) is 13.2 Å². The number of hydrogen-bond acceptors (Lipinski definition) is 4. The highest BCUT2D eigenvalue weighted by Crippen LogP contribution is 2.72. The van der Waals surface area contributed by atoms with Crippen molar-refractivity contribution in [3.8, 4) is 0 Å². The fraction of sp³-hybridized carbons (Fsp3) is 0.440. The molecular weight excluding hydrogens is 500 g/mol. The Hall–Kier alpha value is -2.95. The second-order valence-corrected chi connectivity index (χ2v) is 12.1. The molecule has 6 nitrogen and oxygen atoms in total. The first-order chi connectivity index (χ1) is 16.7.